The molecule has 3 rings (SSSR count). The molecular formula is C16H13ClN2O4. The van der Waals surface area contributed by atoms with Crippen molar-refractivity contribution in [2.45, 2.75) is 6.92 Å². The molecule has 0 unspecified atom stereocenters. The summed E-state index contributed by atoms with van der Waals surface area (Å²) < 4.78 is 10.4. The highest BCUT2D eigenvalue weighted by Gasteiger charge is 2.21. The Balaban J connectivity index is 1.67. The summed E-state index contributed by atoms with van der Waals surface area (Å²) in [7, 11) is 0. The number of hydrogen-bond acceptors (Lipinski definition) is 4. The summed E-state index contributed by atoms with van der Waals surface area (Å²) in [5.74, 6) is -0.115. The van der Waals surface area contributed by atoms with Gasteiger partial charge in [0.15, 0.2) is 11.5 Å². The molecule has 0 atom stereocenters. The van der Waals surface area contributed by atoms with Crippen molar-refractivity contribution < 1.29 is 19.1 Å². The first kappa shape index (κ1) is 15.2. The fourth-order valence-corrected chi connectivity index (χ4v) is 2.33. The van der Waals surface area contributed by atoms with Crippen molar-refractivity contribution in [3.05, 3.63) is 58.1 Å². The molecule has 118 valence electrons. The number of carbonyl (C=O) groups is 2. The van der Waals surface area contributed by atoms with E-state index < -0.39 is 11.8 Å². The summed E-state index contributed by atoms with van der Waals surface area (Å²) in [6.45, 7) is 1.98. The van der Waals surface area contributed by atoms with E-state index in [1.807, 2.05) is 19.1 Å². The van der Waals surface area contributed by atoms with Gasteiger partial charge in [-0.2, -0.15) is 0 Å². The highest BCUT2D eigenvalue weighted by molar-refractivity contribution is 6.32. The van der Waals surface area contributed by atoms with E-state index in [0.29, 0.717) is 17.1 Å². The van der Waals surface area contributed by atoms with Crippen LogP contribution < -0.4 is 20.3 Å². The number of nitrogens with one attached hydrogen (secondary N) is 2. The molecular weight excluding hydrogens is 320 g/mol. The first-order chi connectivity index (χ1) is 11.0. The number of ether oxygens (including phenoxy) is 2. The highest BCUT2D eigenvalue weighted by atomic mass is 35.5. The number of aryl methyl sites for hydroxylation is 1. The maximum Gasteiger partial charge on any atom is 0.269 e. The second kappa shape index (κ2) is 6.18. The topological polar surface area (TPSA) is 76.7 Å². The lowest BCUT2D eigenvalue weighted by molar-refractivity contribution is 0.0846. The monoisotopic (exact) mass is 332 g/mol. The van der Waals surface area contributed by atoms with Gasteiger partial charge in [-0.1, -0.05) is 29.3 Å². The summed E-state index contributed by atoms with van der Waals surface area (Å²) in [5, 5.41) is 0.273. The third kappa shape index (κ3) is 3.22. The van der Waals surface area contributed by atoms with Crippen molar-refractivity contribution in [2.75, 3.05) is 6.79 Å². The SMILES string of the molecule is Cc1ccc(C(=O)NNC(=O)c2cc(Cl)c3c(c2)OCO3)cc1. The third-order valence-corrected chi connectivity index (χ3v) is 3.57. The van der Waals surface area contributed by atoms with E-state index in [-0.39, 0.29) is 17.4 Å². The minimum absolute atomic E-state index is 0.0598. The Morgan fingerprint density at radius 1 is 1.00 bits per heavy atom. The largest absolute Gasteiger partial charge is 0.454 e. The Hall–Kier alpha value is -2.73. The molecule has 2 N–H and O–H groups in total. The van der Waals surface area contributed by atoms with Gasteiger partial charge in [0.25, 0.3) is 11.8 Å². The number of carbonyl (C=O) groups excluding carboxylic acids is 2. The van der Waals surface area contributed by atoms with Crippen LogP contribution >= 0.6 is 11.6 Å². The van der Waals surface area contributed by atoms with Crippen LogP contribution in [0.25, 0.3) is 0 Å². The van der Waals surface area contributed by atoms with Crippen LogP contribution in [0.5, 0.6) is 11.5 Å². The number of amides is 2. The molecule has 0 spiro atoms. The molecule has 0 radical (unpaired) electrons. The zero-order valence-electron chi connectivity index (χ0n) is 12.2. The Kier molecular flexibility index (Phi) is 4.08. The van der Waals surface area contributed by atoms with Crippen molar-refractivity contribution in [3.8, 4) is 11.5 Å². The van der Waals surface area contributed by atoms with Gasteiger partial charge in [-0.25, -0.2) is 0 Å². The second-order valence-electron chi connectivity index (χ2n) is 4.97. The number of hydrazine groups is 1. The van der Waals surface area contributed by atoms with Crippen LogP contribution in [-0.4, -0.2) is 18.6 Å². The molecule has 2 aromatic carbocycles. The maximum atomic E-state index is 12.1. The third-order valence-electron chi connectivity index (χ3n) is 3.29. The average molecular weight is 333 g/mol. The molecule has 1 aliphatic rings. The van der Waals surface area contributed by atoms with Gasteiger partial charge in [-0.15, -0.1) is 0 Å². The number of benzene rings is 2. The lowest BCUT2D eigenvalue weighted by Crippen LogP contribution is -2.41. The molecule has 1 heterocycles. The Morgan fingerprint density at radius 3 is 2.35 bits per heavy atom. The van der Waals surface area contributed by atoms with Gasteiger partial charge in [-0.3, -0.25) is 20.4 Å². The van der Waals surface area contributed by atoms with E-state index in [2.05, 4.69) is 10.9 Å². The Bertz CT molecular complexity index is 774. The predicted octanol–water partition coefficient (Wildman–Crippen LogP) is 2.45. The molecule has 0 fully saturated rings. The molecule has 0 aromatic heterocycles. The first-order valence-corrected chi connectivity index (χ1v) is 7.19. The van der Waals surface area contributed by atoms with Gasteiger partial charge in [0.05, 0.1) is 5.02 Å². The summed E-state index contributed by atoms with van der Waals surface area (Å²) in [6.07, 6.45) is 0. The molecule has 6 nitrogen and oxygen atoms in total. The summed E-state index contributed by atoms with van der Waals surface area (Å²) >= 11 is 6.02. The molecule has 23 heavy (non-hydrogen) atoms. The van der Waals surface area contributed by atoms with Crippen molar-refractivity contribution in [1.29, 1.82) is 0 Å². The van der Waals surface area contributed by atoms with Crippen LogP contribution in [0.2, 0.25) is 5.02 Å². The predicted molar refractivity (Wildman–Crippen MR) is 83.7 cm³/mol. The quantitative estimate of drug-likeness (QED) is 0.828. The van der Waals surface area contributed by atoms with Gasteiger partial charge >= 0.3 is 0 Å². The number of halogens is 1. The number of fused-ring (bicyclic) bond motifs is 1. The fourth-order valence-electron chi connectivity index (χ4n) is 2.06. The van der Waals surface area contributed by atoms with Gasteiger partial charge < -0.3 is 9.47 Å². The van der Waals surface area contributed by atoms with Crippen LogP contribution in [0.4, 0.5) is 0 Å². The summed E-state index contributed by atoms with van der Waals surface area (Å²) in [6, 6.07) is 9.93. The van der Waals surface area contributed by atoms with Crippen LogP contribution in [0.1, 0.15) is 26.3 Å². The lowest BCUT2D eigenvalue weighted by Gasteiger charge is -2.09. The lowest BCUT2D eigenvalue weighted by atomic mass is 10.1. The van der Waals surface area contributed by atoms with Crippen LogP contribution in [0, 0.1) is 6.92 Å². The molecule has 0 bridgehead atoms. The maximum absolute atomic E-state index is 12.1. The molecule has 2 amide bonds. The smallest absolute Gasteiger partial charge is 0.269 e. The summed E-state index contributed by atoms with van der Waals surface area (Å²) in [5.41, 5.74) is 6.43. The van der Waals surface area contributed by atoms with Crippen molar-refractivity contribution in [1.82, 2.24) is 10.9 Å². The minimum Gasteiger partial charge on any atom is -0.454 e. The first-order valence-electron chi connectivity index (χ1n) is 6.81. The normalized spacial score (nSPS) is 11.9. The average Bonchev–Trinajstić information content (AvgIpc) is 3.02. The van der Waals surface area contributed by atoms with Gasteiger partial charge in [0.2, 0.25) is 6.79 Å². The van der Waals surface area contributed by atoms with E-state index in [0.717, 1.165) is 5.56 Å². The Labute approximate surface area is 137 Å². The van der Waals surface area contributed by atoms with Crippen LogP contribution in [-0.2, 0) is 0 Å². The van der Waals surface area contributed by atoms with E-state index in [4.69, 9.17) is 21.1 Å². The molecule has 7 heteroatoms. The van der Waals surface area contributed by atoms with E-state index >= 15 is 0 Å². The number of hydrogen-bond donors (Lipinski definition) is 2. The summed E-state index contributed by atoms with van der Waals surface area (Å²) in [4.78, 5) is 24.1. The zero-order valence-corrected chi connectivity index (χ0v) is 12.9. The van der Waals surface area contributed by atoms with Crippen molar-refractivity contribution in [2.24, 2.45) is 0 Å². The van der Waals surface area contributed by atoms with Gasteiger partial charge in [-0.05, 0) is 31.2 Å². The molecule has 0 aliphatic carbocycles. The second-order valence-corrected chi connectivity index (χ2v) is 5.37. The zero-order chi connectivity index (χ0) is 16.4. The van der Waals surface area contributed by atoms with Crippen LogP contribution in [0.3, 0.4) is 0 Å². The minimum atomic E-state index is -0.509. The van der Waals surface area contributed by atoms with E-state index in [1.54, 1.807) is 12.1 Å². The standard InChI is InChI=1S/C16H13ClN2O4/c1-9-2-4-10(5-3-9)15(20)18-19-16(21)11-6-12(17)14-13(7-11)22-8-23-14/h2-7H,8H2,1H3,(H,18,20)(H,19,21). The van der Waals surface area contributed by atoms with Crippen LogP contribution in [0.15, 0.2) is 36.4 Å². The van der Waals surface area contributed by atoms with Crippen molar-refractivity contribution >= 4 is 23.4 Å². The highest BCUT2D eigenvalue weighted by Crippen LogP contribution is 2.39. The van der Waals surface area contributed by atoms with Crippen molar-refractivity contribution in [3.63, 3.8) is 0 Å². The number of rotatable bonds is 2. The fraction of sp³-hybridized carbons (Fsp3) is 0.125. The van der Waals surface area contributed by atoms with E-state index in [1.165, 1.54) is 12.1 Å². The van der Waals surface area contributed by atoms with E-state index in [9.17, 15) is 9.59 Å². The molecule has 0 saturated carbocycles. The molecule has 0 saturated heterocycles. The Morgan fingerprint density at radius 2 is 1.65 bits per heavy atom. The molecule has 2 aromatic rings. The molecule has 1 aliphatic heterocycles. The van der Waals surface area contributed by atoms with Gasteiger partial charge in [0, 0.05) is 11.1 Å². The van der Waals surface area contributed by atoms with Gasteiger partial charge in [0.1, 0.15) is 0 Å².